The van der Waals surface area contributed by atoms with Crippen molar-refractivity contribution in [1.82, 2.24) is 5.32 Å². The van der Waals surface area contributed by atoms with Gasteiger partial charge in [0.1, 0.15) is 11.3 Å². The number of carbonyl (C=O) groups excluding carboxylic acids is 2. The van der Waals surface area contributed by atoms with E-state index in [0.717, 1.165) is 19.3 Å². The van der Waals surface area contributed by atoms with E-state index in [-0.39, 0.29) is 23.8 Å². The van der Waals surface area contributed by atoms with Crippen LogP contribution in [0.2, 0.25) is 0 Å². The molecule has 1 unspecified atom stereocenters. The first kappa shape index (κ1) is 13.2. The lowest BCUT2D eigenvalue weighted by Gasteiger charge is -2.36. The molecule has 1 aliphatic carbocycles. The first-order valence-corrected chi connectivity index (χ1v) is 6.67. The lowest BCUT2D eigenvalue weighted by atomic mass is 9.72. The van der Waals surface area contributed by atoms with E-state index in [1.54, 1.807) is 0 Å². The van der Waals surface area contributed by atoms with E-state index in [4.69, 9.17) is 5.73 Å². The fourth-order valence-corrected chi connectivity index (χ4v) is 2.65. The van der Waals surface area contributed by atoms with Gasteiger partial charge < -0.3 is 11.1 Å². The fourth-order valence-electron chi connectivity index (χ4n) is 2.65. The molecule has 1 saturated carbocycles. The molecule has 5 nitrogen and oxygen atoms in total. The van der Waals surface area contributed by atoms with Crippen molar-refractivity contribution in [2.45, 2.75) is 52.0 Å². The summed E-state index contributed by atoms with van der Waals surface area (Å²) in [5.41, 5.74) is 5.03. The van der Waals surface area contributed by atoms with Crippen molar-refractivity contribution in [3.8, 4) is 0 Å². The summed E-state index contributed by atoms with van der Waals surface area (Å²) >= 11 is 0. The van der Waals surface area contributed by atoms with Gasteiger partial charge in [-0.1, -0.05) is 33.1 Å². The summed E-state index contributed by atoms with van der Waals surface area (Å²) in [6.07, 6.45) is 4.15. The second-order valence-electron chi connectivity index (χ2n) is 5.67. The number of nitrogens with zero attached hydrogens (tertiary/aromatic N) is 1. The standard InChI is InChI=1S/C13H21N3O2/c1-8(2)9(14)10-15-11(17)13(12(18)16-10)6-4-3-5-7-13/h8-9H,3-7,14H2,1-2H3,(H,15,16,17,18). The van der Waals surface area contributed by atoms with Gasteiger partial charge in [0.15, 0.2) is 0 Å². The molecule has 1 aliphatic heterocycles. The minimum atomic E-state index is -0.904. The molecule has 100 valence electrons. The highest BCUT2D eigenvalue weighted by molar-refractivity contribution is 6.19. The second-order valence-corrected chi connectivity index (χ2v) is 5.67. The van der Waals surface area contributed by atoms with Gasteiger partial charge in [-0.25, -0.2) is 0 Å². The van der Waals surface area contributed by atoms with Crippen LogP contribution in [0.15, 0.2) is 4.99 Å². The van der Waals surface area contributed by atoms with E-state index in [1.807, 2.05) is 13.8 Å². The molecule has 1 atom stereocenters. The molecule has 5 heteroatoms. The molecule has 0 aromatic heterocycles. The molecular weight excluding hydrogens is 230 g/mol. The Morgan fingerprint density at radius 2 is 1.83 bits per heavy atom. The molecule has 0 aromatic carbocycles. The van der Waals surface area contributed by atoms with Crippen LogP contribution in [0.3, 0.4) is 0 Å². The van der Waals surface area contributed by atoms with Gasteiger partial charge in [0.25, 0.3) is 5.91 Å². The third-order valence-corrected chi connectivity index (χ3v) is 4.05. The molecule has 0 bridgehead atoms. The lowest BCUT2D eigenvalue weighted by molar-refractivity contribution is -0.144. The second kappa shape index (κ2) is 4.80. The van der Waals surface area contributed by atoms with Gasteiger partial charge >= 0.3 is 0 Å². The lowest BCUT2D eigenvalue weighted by Crippen LogP contribution is -2.58. The van der Waals surface area contributed by atoms with E-state index in [1.165, 1.54) is 0 Å². The SMILES string of the molecule is CC(C)C(N)C1=NC(=O)C2(CCCCC2)C(=O)N1. The molecule has 1 spiro atoms. The van der Waals surface area contributed by atoms with E-state index < -0.39 is 5.41 Å². The molecule has 2 aliphatic rings. The summed E-state index contributed by atoms with van der Waals surface area (Å²) in [5, 5.41) is 2.75. The van der Waals surface area contributed by atoms with Gasteiger partial charge in [-0.2, -0.15) is 4.99 Å². The van der Waals surface area contributed by atoms with Gasteiger partial charge in [-0.05, 0) is 18.8 Å². The van der Waals surface area contributed by atoms with Crippen LogP contribution in [-0.4, -0.2) is 23.7 Å². The smallest absolute Gasteiger partial charge is 0.263 e. The van der Waals surface area contributed by atoms with Crippen LogP contribution in [0.5, 0.6) is 0 Å². The Hall–Kier alpha value is -1.23. The average molecular weight is 251 g/mol. The van der Waals surface area contributed by atoms with Crippen LogP contribution in [-0.2, 0) is 9.59 Å². The van der Waals surface area contributed by atoms with Crippen molar-refractivity contribution in [2.24, 2.45) is 22.1 Å². The quantitative estimate of drug-likeness (QED) is 0.717. The summed E-state index contributed by atoms with van der Waals surface area (Å²) in [5.74, 6) is -0.0289. The maximum Gasteiger partial charge on any atom is 0.263 e. The van der Waals surface area contributed by atoms with Crippen LogP contribution in [0.4, 0.5) is 0 Å². The topological polar surface area (TPSA) is 84.5 Å². The normalized spacial score (nSPS) is 25.0. The fraction of sp³-hybridized carbons (Fsp3) is 0.769. The van der Waals surface area contributed by atoms with Gasteiger partial charge in [0.2, 0.25) is 5.91 Å². The number of hydrogen-bond acceptors (Lipinski definition) is 3. The Balaban J connectivity index is 2.26. The molecular formula is C13H21N3O2. The first-order valence-electron chi connectivity index (χ1n) is 6.67. The maximum atomic E-state index is 12.3. The minimum Gasteiger partial charge on any atom is -0.321 e. The molecule has 0 aromatic rings. The Labute approximate surface area is 107 Å². The first-order chi connectivity index (χ1) is 8.47. The summed E-state index contributed by atoms with van der Waals surface area (Å²) < 4.78 is 0. The molecule has 0 radical (unpaired) electrons. The molecule has 0 saturated heterocycles. The zero-order chi connectivity index (χ0) is 13.3. The van der Waals surface area contributed by atoms with E-state index in [2.05, 4.69) is 10.3 Å². The number of carbonyl (C=O) groups is 2. The third kappa shape index (κ3) is 2.07. The summed E-state index contributed by atoms with van der Waals surface area (Å²) in [7, 11) is 0. The molecule has 1 fully saturated rings. The van der Waals surface area contributed by atoms with Crippen molar-refractivity contribution in [3.63, 3.8) is 0 Å². The molecule has 1 heterocycles. The third-order valence-electron chi connectivity index (χ3n) is 4.05. The van der Waals surface area contributed by atoms with Crippen LogP contribution in [0, 0.1) is 11.3 Å². The van der Waals surface area contributed by atoms with Gasteiger partial charge in [-0.3, -0.25) is 9.59 Å². The highest BCUT2D eigenvalue weighted by atomic mass is 16.2. The largest absolute Gasteiger partial charge is 0.321 e. The van der Waals surface area contributed by atoms with Crippen molar-refractivity contribution < 1.29 is 9.59 Å². The van der Waals surface area contributed by atoms with Crippen LogP contribution >= 0.6 is 0 Å². The van der Waals surface area contributed by atoms with Crippen molar-refractivity contribution in [3.05, 3.63) is 0 Å². The zero-order valence-corrected chi connectivity index (χ0v) is 11.0. The average Bonchev–Trinajstić information content (AvgIpc) is 2.36. The monoisotopic (exact) mass is 251 g/mol. The van der Waals surface area contributed by atoms with Crippen LogP contribution in [0.1, 0.15) is 46.0 Å². The molecule has 2 rings (SSSR count). The van der Waals surface area contributed by atoms with Gasteiger partial charge in [0, 0.05) is 0 Å². The van der Waals surface area contributed by atoms with Crippen molar-refractivity contribution in [1.29, 1.82) is 0 Å². The number of nitrogens with two attached hydrogens (primary N) is 1. The highest BCUT2D eigenvalue weighted by Crippen LogP contribution is 2.39. The van der Waals surface area contributed by atoms with Crippen molar-refractivity contribution >= 4 is 17.6 Å². The van der Waals surface area contributed by atoms with Gasteiger partial charge in [0.05, 0.1) is 6.04 Å². The number of nitrogens with one attached hydrogen (secondary N) is 1. The Kier molecular flexibility index (Phi) is 3.52. The number of rotatable bonds is 2. The zero-order valence-electron chi connectivity index (χ0n) is 11.0. The minimum absolute atomic E-state index is 0.136. The predicted molar refractivity (Wildman–Crippen MR) is 68.9 cm³/mol. The predicted octanol–water partition coefficient (Wildman–Crippen LogP) is 0.975. The number of aliphatic imine (C=N–C) groups is 1. The number of amides is 2. The molecule has 3 N–H and O–H groups in total. The van der Waals surface area contributed by atoms with E-state index >= 15 is 0 Å². The van der Waals surface area contributed by atoms with E-state index in [9.17, 15) is 9.59 Å². The molecule has 2 amide bonds. The van der Waals surface area contributed by atoms with Crippen LogP contribution < -0.4 is 11.1 Å². The Morgan fingerprint density at radius 3 is 2.33 bits per heavy atom. The Morgan fingerprint density at radius 1 is 1.22 bits per heavy atom. The number of amidine groups is 1. The van der Waals surface area contributed by atoms with Crippen LogP contribution in [0.25, 0.3) is 0 Å². The summed E-state index contributed by atoms with van der Waals surface area (Å²) in [6, 6.07) is -0.390. The van der Waals surface area contributed by atoms with E-state index in [0.29, 0.717) is 18.7 Å². The highest BCUT2D eigenvalue weighted by Gasteiger charge is 2.49. The maximum absolute atomic E-state index is 12.3. The summed E-state index contributed by atoms with van der Waals surface area (Å²) in [4.78, 5) is 28.5. The molecule has 18 heavy (non-hydrogen) atoms. The number of hydrogen-bond donors (Lipinski definition) is 2. The summed E-state index contributed by atoms with van der Waals surface area (Å²) in [6.45, 7) is 3.88. The van der Waals surface area contributed by atoms with Gasteiger partial charge in [-0.15, -0.1) is 0 Å². The van der Waals surface area contributed by atoms with Crippen molar-refractivity contribution in [2.75, 3.05) is 0 Å². The Bertz CT molecular complexity index is 395.